The molecule has 0 atom stereocenters. The third kappa shape index (κ3) is 2.84. The van der Waals surface area contributed by atoms with Crippen molar-refractivity contribution < 1.29 is 9.53 Å². The number of aromatic nitrogens is 2. The lowest BCUT2D eigenvalue weighted by Gasteiger charge is -2.10. The van der Waals surface area contributed by atoms with E-state index in [-0.39, 0.29) is 12.4 Å². The highest BCUT2D eigenvalue weighted by Crippen LogP contribution is 2.30. The monoisotopic (exact) mass is 372 g/mol. The summed E-state index contributed by atoms with van der Waals surface area (Å²) < 4.78 is 7.24. The van der Waals surface area contributed by atoms with Gasteiger partial charge in [0, 0.05) is 29.2 Å². The number of carbonyl (C=O) groups excluding carboxylic acids is 1. The molecule has 4 rings (SSSR count). The van der Waals surface area contributed by atoms with Gasteiger partial charge in [0.25, 0.3) is 5.24 Å². The summed E-state index contributed by atoms with van der Waals surface area (Å²) in [6.45, 7) is 0. The topological polar surface area (TPSA) is 44.1 Å². The molecule has 0 saturated heterocycles. The Morgan fingerprint density at radius 1 is 1.12 bits per heavy atom. The molecule has 126 valence electrons. The van der Waals surface area contributed by atoms with Crippen molar-refractivity contribution in [1.82, 2.24) is 9.55 Å². The van der Waals surface area contributed by atoms with Crippen molar-refractivity contribution in [2.24, 2.45) is 0 Å². The van der Waals surface area contributed by atoms with E-state index >= 15 is 0 Å². The third-order valence-corrected chi connectivity index (χ3v) is 4.31. The van der Waals surface area contributed by atoms with Crippen LogP contribution in [-0.4, -0.2) is 21.9 Å². The lowest BCUT2D eigenvalue weighted by Crippen LogP contribution is -1.95. The van der Waals surface area contributed by atoms with E-state index in [1.807, 2.05) is 53.1 Å². The van der Waals surface area contributed by atoms with Crippen LogP contribution < -0.4 is 4.74 Å². The summed E-state index contributed by atoms with van der Waals surface area (Å²) in [5.74, 6) is 0.751. The van der Waals surface area contributed by atoms with E-state index < -0.39 is 5.24 Å². The number of rotatable bonds is 3. The Kier molecular flexibility index (Phi) is 4.66. The molecule has 0 radical (unpaired) electrons. The van der Waals surface area contributed by atoms with Gasteiger partial charge in [0.05, 0.1) is 29.4 Å². The minimum absolute atomic E-state index is 0. The molecule has 0 unspecified atom stereocenters. The summed E-state index contributed by atoms with van der Waals surface area (Å²) in [7, 11) is 1.63. The molecular formula is C19H14Cl2N2O2. The Balaban J connectivity index is 0.00000182. The van der Waals surface area contributed by atoms with Crippen LogP contribution in [0.1, 0.15) is 10.4 Å². The van der Waals surface area contributed by atoms with Crippen LogP contribution in [0.2, 0.25) is 0 Å². The van der Waals surface area contributed by atoms with Crippen LogP contribution in [0, 0.1) is 0 Å². The molecule has 4 aromatic rings. The lowest BCUT2D eigenvalue weighted by atomic mass is 10.1. The molecule has 0 saturated carbocycles. The van der Waals surface area contributed by atoms with Crippen molar-refractivity contribution >= 4 is 51.1 Å². The summed E-state index contributed by atoms with van der Waals surface area (Å²) in [4.78, 5) is 16.2. The van der Waals surface area contributed by atoms with Crippen molar-refractivity contribution in [3.63, 3.8) is 0 Å². The summed E-state index contributed by atoms with van der Waals surface area (Å²) >= 11 is 5.76. The Labute approximate surface area is 155 Å². The predicted octanol–water partition coefficient (Wildman–Crippen LogP) is 4.99. The van der Waals surface area contributed by atoms with E-state index in [2.05, 4.69) is 4.98 Å². The first-order chi connectivity index (χ1) is 11.7. The number of methoxy groups -OCH3 is 1. The van der Waals surface area contributed by atoms with E-state index in [1.54, 1.807) is 19.5 Å². The lowest BCUT2D eigenvalue weighted by molar-refractivity contribution is 0.108. The molecule has 0 aliphatic rings. The SMILES string of the molecule is COc1ccc2c(-n3cc(C(=O)Cl)c4ccccc43)ccnc2c1.Cl. The maximum atomic E-state index is 11.8. The van der Waals surface area contributed by atoms with Crippen LogP contribution in [-0.2, 0) is 0 Å². The maximum absolute atomic E-state index is 11.8. The van der Waals surface area contributed by atoms with Crippen molar-refractivity contribution in [1.29, 1.82) is 0 Å². The van der Waals surface area contributed by atoms with E-state index in [0.717, 1.165) is 33.2 Å². The molecule has 0 amide bonds. The van der Waals surface area contributed by atoms with Gasteiger partial charge in [-0.15, -0.1) is 12.4 Å². The minimum atomic E-state index is -0.468. The Bertz CT molecular complexity index is 1090. The first-order valence-corrected chi connectivity index (χ1v) is 7.80. The second-order valence-corrected chi connectivity index (χ2v) is 5.76. The molecule has 2 aromatic carbocycles. The summed E-state index contributed by atoms with van der Waals surface area (Å²) in [6, 6.07) is 15.4. The second kappa shape index (κ2) is 6.75. The molecule has 0 N–H and O–H groups in total. The zero-order chi connectivity index (χ0) is 16.7. The number of carbonyl (C=O) groups is 1. The summed E-state index contributed by atoms with van der Waals surface area (Å²) in [5.41, 5.74) is 3.17. The van der Waals surface area contributed by atoms with Gasteiger partial charge in [-0.05, 0) is 35.9 Å². The minimum Gasteiger partial charge on any atom is -0.497 e. The predicted molar refractivity (Wildman–Crippen MR) is 103 cm³/mol. The molecule has 0 bridgehead atoms. The standard InChI is InChI=1S/C19H13ClN2O2.ClH/c1-24-12-6-7-14-16(10-12)21-9-8-18(14)22-11-15(19(20)23)13-4-2-3-5-17(13)22;/h2-11H,1H3;1H. The van der Waals surface area contributed by atoms with Crippen LogP contribution in [0.4, 0.5) is 0 Å². The van der Waals surface area contributed by atoms with Gasteiger partial charge in [-0.3, -0.25) is 9.78 Å². The number of fused-ring (bicyclic) bond motifs is 2. The van der Waals surface area contributed by atoms with Crippen LogP contribution in [0.5, 0.6) is 5.75 Å². The van der Waals surface area contributed by atoms with Crippen LogP contribution in [0.15, 0.2) is 60.9 Å². The van der Waals surface area contributed by atoms with E-state index in [1.165, 1.54) is 0 Å². The number of nitrogens with zero attached hydrogens (tertiary/aromatic N) is 2. The summed E-state index contributed by atoms with van der Waals surface area (Å²) in [5, 5.41) is 1.33. The highest BCUT2D eigenvalue weighted by Gasteiger charge is 2.15. The van der Waals surface area contributed by atoms with Gasteiger partial charge in [-0.1, -0.05) is 18.2 Å². The zero-order valence-corrected chi connectivity index (χ0v) is 14.8. The number of para-hydroxylation sites is 1. The fourth-order valence-electron chi connectivity index (χ4n) is 2.99. The van der Waals surface area contributed by atoms with Crippen LogP contribution in [0.3, 0.4) is 0 Å². The number of hydrogen-bond donors (Lipinski definition) is 0. The Morgan fingerprint density at radius 3 is 2.68 bits per heavy atom. The maximum Gasteiger partial charge on any atom is 0.254 e. The molecular weight excluding hydrogens is 359 g/mol. The first-order valence-electron chi connectivity index (χ1n) is 7.42. The van der Waals surface area contributed by atoms with Crippen molar-refractivity contribution in [2.45, 2.75) is 0 Å². The van der Waals surface area contributed by atoms with Gasteiger partial charge in [0.2, 0.25) is 0 Å². The van der Waals surface area contributed by atoms with Crippen molar-refractivity contribution in [3.8, 4) is 11.4 Å². The molecule has 6 heteroatoms. The van der Waals surface area contributed by atoms with Gasteiger partial charge in [-0.25, -0.2) is 0 Å². The number of pyridine rings is 1. The fraction of sp³-hybridized carbons (Fsp3) is 0.0526. The van der Waals surface area contributed by atoms with E-state index in [0.29, 0.717) is 5.56 Å². The van der Waals surface area contributed by atoms with Gasteiger partial charge >= 0.3 is 0 Å². The molecule has 4 nitrogen and oxygen atoms in total. The first kappa shape index (κ1) is 17.3. The van der Waals surface area contributed by atoms with Gasteiger partial charge < -0.3 is 9.30 Å². The van der Waals surface area contributed by atoms with Gasteiger partial charge in [0.15, 0.2) is 0 Å². The molecule has 0 spiro atoms. The Hall–Kier alpha value is -2.56. The van der Waals surface area contributed by atoms with Crippen molar-refractivity contribution in [3.05, 3.63) is 66.5 Å². The normalized spacial score (nSPS) is 10.6. The largest absolute Gasteiger partial charge is 0.497 e. The van der Waals surface area contributed by atoms with Gasteiger partial charge in [-0.2, -0.15) is 0 Å². The molecule has 2 aromatic heterocycles. The highest BCUT2D eigenvalue weighted by atomic mass is 35.5. The smallest absolute Gasteiger partial charge is 0.254 e. The zero-order valence-electron chi connectivity index (χ0n) is 13.3. The van der Waals surface area contributed by atoms with E-state index in [9.17, 15) is 4.79 Å². The van der Waals surface area contributed by atoms with Crippen LogP contribution in [0.25, 0.3) is 27.5 Å². The quantitative estimate of drug-likeness (QED) is 0.476. The average Bonchev–Trinajstić information content (AvgIpc) is 3.00. The summed E-state index contributed by atoms with van der Waals surface area (Å²) in [6.07, 6.45) is 3.52. The molecule has 2 heterocycles. The molecule has 0 fully saturated rings. The van der Waals surface area contributed by atoms with E-state index in [4.69, 9.17) is 16.3 Å². The van der Waals surface area contributed by atoms with Gasteiger partial charge in [0.1, 0.15) is 5.75 Å². The highest BCUT2D eigenvalue weighted by molar-refractivity contribution is 6.68. The number of hydrogen-bond acceptors (Lipinski definition) is 3. The third-order valence-electron chi connectivity index (χ3n) is 4.11. The molecule has 0 aliphatic carbocycles. The van der Waals surface area contributed by atoms with Crippen molar-refractivity contribution in [2.75, 3.05) is 7.11 Å². The molecule has 25 heavy (non-hydrogen) atoms. The second-order valence-electron chi connectivity index (χ2n) is 5.42. The fourth-order valence-corrected chi connectivity index (χ4v) is 3.14. The number of benzene rings is 2. The Morgan fingerprint density at radius 2 is 1.92 bits per heavy atom. The number of halogens is 2. The van der Waals surface area contributed by atoms with Crippen LogP contribution >= 0.6 is 24.0 Å². The number of ether oxygens (including phenoxy) is 1. The average molecular weight is 373 g/mol. The molecule has 0 aliphatic heterocycles.